The molecule has 0 unspecified atom stereocenters. The van der Waals surface area contributed by atoms with Crippen LogP contribution < -0.4 is 14.9 Å². The molecule has 6 rings (SSSR count). The molecule has 46 heavy (non-hydrogen) atoms. The number of aromatic amines is 1. The molecule has 4 aromatic rings. The summed E-state index contributed by atoms with van der Waals surface area (Å²) in [7, 11) is -1.84. The molecular formula is C33H37N7O5S. The molecular weight excluding hydrogens is 606 g/mol. The molecule has 0 spiro atoms. The Morgan fingerprint density at radius 1 is 1.02 bits per heavy atom. The summed E-state index contributed by atoms with van der Waals surface area (Å²) in [5, 5.41) is 4.14. The standard InChI is InChI=1S/C33H37N7O5S/c1-21(2)35-28-9-6-14-34-30(28)38(3)24-12-15-39(16-13-24)33(43)29-20-22-19-23(10-11-27(22)36-29)37-46(44,45)18-17-40-31(41)25-7-4-5-8-26(25)32(40)42/h4-11,14,19-21,24,35-37H,12-13,15-18H2,1-3H3. The molecule has 0 atom stereocenters. The Bertz CT molecular complexity index is 1880. The molecule has 2 aromatic heterocycles. The van der Waals surface area contributed by atoms with Crippen LogP contribution >= 0.6 is 0 Å². The molecule has 0 bridgehead atoms. The Balaban J connectivity index is 1.06. The van der Waals surface area contributed by atoms with Crippen molar-refractivity contribution in [3.05, 3.63) is 83.7 Å². The van der Waals surface area contributed by atoms with E-state index in [0.717, 1.165) is 29.2 Å². The fraction of sp³-hybridized carbons (Fsp3) is 0.333. The number of rotatable bonds is 10. The minimum atomic E-state index is -3.89. The van der Waals surface area contributed by atoms with Gasteiger partial charge in [-0.1, -0.05) is 12.1 Å². The highest BCUT2D eigenvalue weighted by Crippen LogP contribution is 2.29. The second kappa shape index (κ2) is 12.5. The highest BCUT2D eigenvalue weighted by atomic mass is 32.2. The van der Waals surface area contributed by atoms with E-state index < -0.39 is 27.6 Å². The Labute approximate surface area is 267 Å². The van der Waals surface area contributed by atoms with E-state index in [9.17, 15) is 22.8 Å². The fourth-order valence-electron chi connectivity index (χ4n) is 6.10. The number of H-pyrrole nitrogens is 1. The molecule has 2 aromatic carbocycles. The van der Waals surface area contributed by atoms with Gasteiger partial charge >= 0.3 is 0 Å². The highest BCUT2D eigenvalue weighted by Gasteiger charge is 2.35. The zero-order chi connectivity index (χ0) is 32.6. The van der Waals surface area contributed by atoms with Gasteiger partial charge in [-0.15, -0.1) is 0 Å². The second-order valence-electron chi connectivity index (χ2n) is 12.0. The lowest BCUT2D eigenvalue weighted by molar-refractivity contribution is 0.0661. The largest absolute Gasteiger partial charge is 0.380 e. The SMILES string of the molecule is CC(C)Nc1cccnc1N(C)C1CCN(C(=O)c2cc3cc(NS(=O)(=O)CCN4C(=O)c5ccccc5C4=O)ccc3[nH]2)CC1. The minimum Gasteiger partial charge on any atom is -0.380 e. The van der Waals surface area contributed by atoms with Crippen molar-refractivity contribution in [3.8, 4) is 0 Å². The van der Waals surface area contributed by atoms with E-state index in [0.29, 0.717) is 35.4 Å². The van der Waals surface area contributed by atoms with Gasteiger partial charge < -0.3 is 20.1 Å². The second-order valence-corrected chi connectivity index (χ2v) is 13.9. The number of fused-ring (bicyclic) bond motifs is 2. The zero-order valence-corrected chi connectivity index (χ0v) is 26.8. The number of carbonyl (C=O) groups excluding carboxylic acids is 3. The lowest BCUT2D eigenvalue weighted by atomic mass is 10.0. The Morgan fingerprint density at radius 3 is 2.39 bits per heavy atom. The maximum atomic E-state index is 13.4. The van der Waals surface area contributed by atoms with Crippen LogP contribution in [-0.2, 0) is 10.0 Å². The van der Waals surface area contributed by atoms with Crippen LogP contribution in [0, 0.1) is 0 Å². The Morgan fingerprint density at radius 2 is 1.72 bits per heavy atom. The summed E-state index contributed by atoms with van der Waals surface area (Å²) < 4.78 is 28.3. The smallest absolute Gasteiger partial charge is 0.270 e. The van der Waals surface area contributed by atoms with E-state index >= 15 is 0 Å². The average molecular weight is 644 g/mol. The number of hydrogen-bond acceptors (Lipinski definition) is 8. The third-order valence-corrected chi connectivity index (χ3v) is 9.72. The minimum absolute atomic E-state index is 0.111. The number of nitrogens with one attached hydrogen (secondary N) is 3. The number of carbonyl (C=O) groups is 3. The first-order chi connectivity index (χ1) is 22.0. The maximum absolute atomic E-state index is 13.4. The van der Waals surface area contributed by atoms with E-state index in [1.807, 2.05) is 24.1 Å². The van der Waals surface area contributed by atoms with Crippen LogP contribution in [0.25, 0.3) is 10.9 Å². The van der Waals surface area contributed by atoms with E-state index in [4.69, 9.17) is 0 Å². The van der Waals surface area contributed by atoms with Crippen molar-refractivity contribution in [1.82, 2.24) is 19.8 Å². The van der Waals surface area contributed by atoms with Crippen LogP contribution in [0.1, 0.15) is 57.9 Å². The molecule has 0 radical (unpaired) electrons. The molecule has 240 valence electrons. The number of sulfonamides is 1. The third-order valence-electron chi connectivity index (χ3n) is 8.45. The molecule has 3 N–H and O–H groups in total. The summed E-state index contributed by atoms with van der Waals surface area (Å²) in [4.78, 5) is 51.4. The normalized spacial score (nSPS) is 15.5. The molecule has 1 fully saturated rings. The number of benzene rings is 2. The van der Waals surface area contributed by atoms with Crippen molar-refractivity contribution < 1.29 is 22.8 Å². The monoisotopic (exact) mass is 643 g/mol. The quantitative estimate of drug-likeness (QED) is 0.218. The number of nitrogens with zero attached hydrogens (tertiary/aromatic N) is 4. The number of hydrogen-bond donors (Lipinski definition) is 3. The number of piperidine rings is 1. The van der Waals surface area contributed by atoms with Crippen molar-refractivity contribution >= 4 is 55.8 Å². The first-order valence-corrected chi connectivity index (χ1v) is 17.0. The zero-order valence-electron chi connectivity index (χ0n) is 26.0. The van der Waals surface area contributed by atoms with Crippen molar-refractivity contribution in [2.75, 3.05) is 47.4 Å². The number of amides is 3. The molecule has 1 saturated heterocycles. The van der Waals surface area contributed by atoms with E-state index in [2.05, 4.69) is 38.8 Å². The number of anilines is 3. The maximum Gasteiger partial charge on any atom is 0.270 e. The summed E-state index contributed by atoms with van der Waals surface area (Å²) in [6.07, 6.45) is 3.39. The summed E-state index contributed by atoms with van der Waals surface area (Å²) in [6.45, 7) is 5.11. The predicted molar refractivity (Wildman–Crippen MR) is 178 cm³/mol. The van der Waals surface area contributed by atoms with Crippen LogP contribution in [0.3, 0.4) is 0 Å². The van der Waals surface area contributed by atoms with E-state index in [-0.39, 0.29) is 35.7 Å². The lowest BCUT2D eigenvalue weighted by Gasteiger charge is -2.37. The highest BCUT2D eigenvalue weighted by molar-refractivity contribution is 7.92. The number of pyridine rings is 1. The summed E-state index contributed by atoms with van der Waals surface area (Å²) in [6, 6.07) is 17.6. The first kappa shape index (κ1) is 31.1. The molecule has 3 amide bonds. The summed E-state index contributed by atoms with van der Waals surface area (Å²) in [5.74, 6) is -0.667. The van der Waals surface area contributed by atoms with Gasteiger partial charge in [0.1, 0.15) is 5.69 Å². The molecule has 0 saturated carbocycles. The molecule has 0 aliphatic carbocycles. The molecule has 12 nitrogen and oxygen atoms in total. The average Bonchev–Trinajstić information content (AvgIpc) is 3.57. The predicted octanol–water partition coefficient (Wildman–Crippen LogP) is 4.16. The van der Waals surface area contributed by atoms with Gasteiger partial charge in [0, 0.05) is 61.6 Å². The summed E-state index contributed by atoms with van der Waals surface area (Å²) in [5.41, 5.74) is 2.98. The lowest BCUT2D eigenvalue weighted by Crippen LogP contribution is -2.46. The van der Waals surface area contributed by atoms with Crippen molar-refractivity contribution in [2.45, 2.75) is 38.8 Å². The first-order valence-electron chi connectivity index (χ1n) is 15.3. The van der Waals surface area contributed by atoms with Gasteiger partial charge in [-0.25, -0.2) is 13.4 Å². The van der Waals surface area contributed by atoms with E-state index in [1.165, 1.54) is 0 Å². The number of aromatic nitrogens is 2. The van der Waals surface area contributed by atoms with Crippen molar-refractivity contribution in [3.63, 3.8) is 0 Å². The van der Waals surface area contributed by atoms with E-state index in [1.54, 1.807) is 54.7 Å². The van der Waals surface area contributed by atoms with Crippen LogP contribution in [0.5, 0.6) is 0 Å². The van der Waals surface area contributed by atoms with Crippen LogP contribution in [-0.4, -0.2) is 90.4 Å². The van der Waals surface area contributed by atoms with Gasteiger partial charge in [0.25, 0.3) is 17.7 Å². The molecule has 13 heteroatoms. The topological polar surface area (TPSA) is 148 Å². The van der Waals surface area contributed by atoms with Crippen LogP contribution in [0.4, 0.5) is 17.2 Å². The van der Waals surface area contributed by atoms with Gasteiger partial charge in [0.2, 0.25) is 10.0 Å². The van der Waals surface area contributed by atoms with Crippen molar-refractivity contribution in [1.29, 1.82) is 0 Å². The molecule has 2 aliphatic heterocycles. The van der Waals surface area contributed by atoms with Crippen molar-refractivity contribution in [2.24, 2.45) is 0 Å². The van der Waals surface area contributed by atoms with Gasteiger partial charge in [-0.2, -0.15) is 0 Å². The fourth-order valence-corrected chi connectivity index (χ4v) is 7.11. The van der Waals surface area contributed by atoms with Gasteiger partial charge in [-0.3, -0.25) is 24.0 Å². The molecule has 2 aliphatic rings. The van der Waals surface area contributed by atoms with Crippen LogP contribution in [0.2, 0.25) is 0 Å². The van der Waals surface area contributed by atoms with Gasteiger partial charge in [-0.05, 0) is 75.2 Å². The van der Waals surface area contributed by atoms with Gasteiger partial charge in [0.15, 0.2) is 5.82 Å². The third kappa shape index (κ3) is 6.27. The molecule has 4 heterocycles. The summed E-state index contributed by atoms with van der Waals surface area (Å²) >= 11 is 0. The van der Waals surface area contributed by atoms with Gasteiger partial charge in [0.05, 0.1) is 22.6 Å². The number of imide groups is 1. The van der Waals surface area contributed by atoms with Crippen LogP contribution in [0.15, 0.2) is 66.9 Å². The number of likely N-dealkylation sites (tertiary alicyclic amines) is 1. The Kier molecular flexibility index (Phi) is 8.43. The Hall–Kier alpha value is -4.91.